The van der Waals surface area contributed by atoms with E-state index in [1.54, 1.807) is 24.3 Å². The van der Waals surface area contributed by atoms with Gasteiger partial charge in [0.05, 0.1) is 22.5 Å². The second-order valence-corrected chi connectivity index (χ2v) is 6.84. The molecule has 0 saturated carbocycles. The van der Waals surface area contributed by atoms with Crippen molar-refractivity contribution in [2.75, 3.05) is 5.32 Å². The molecule has 0 unspecified atom stereocenters. The lowest BCUT2D eigenvalue weighted by Crippen LogP contribution is -2.40. The van der Waals surface area contributed by atoms with Crippen LogP contribution in [-0.4, -0.2) is 33.4 Å². The molecule has 0 aliphatic rings. The average Bonchev–Trinajstić information content (AvgIpc) is 2.53. The van der Waals surface area contributed by atoms with Crippen LogP contribution in [0.15, 0.2) is 36.4 Å². The number of aryl methyl sites for hydroxylation is 1. The number of carboxylic acids is 1. The Morgan fingerprint density at radius 3 is 2.19 bits per heavy atom. The van der Waals surface area contributed by atoms with Crippen molar-refractivity contribution in [1.82, 2.24) is 10.3 Å². The highest BCUT2D eigenvalue weighted by Crippen LogP contribution is 2.17. The lowest BCUT2D eigenvalue weighted by Gasteiger charge is -2.21. The Kier molecular flexibility index (Phi) is 5.40. The Balaban J connectivity index is 2.26. The molecule has 3 N–H and O–H groups in total. The molecule has 7 heteroatoms. The quantitative estimate of drug-likeness (QED) is 0.781. The molecule has 1 aromatic carbocycles. The molecule has 7 nitrogen and oxygen atoms in total. The van der Waals surface area contributed by atoms with E-state index in [1.165, 1.54) is 19.1 Å². The number of nitrogens with one attached hydrogen (secondary N) is 2. The molecule has 1 aromatic heterocycles. The molecule has 136 valence electrons. The minimum Gasteiger partial charge on any atom is -0.478 e. The summed E-state index contributed by atoms with van der Waals surface area (Å²) < 4.78 is 0. The fourth-order valence-corrected chi connectivity index (χ4v) is 2.30. The van der Waals surface area contributed by atoms with Gasteiger partial charge < -0.3 is 15.7 Å². The van der Waals surface area contributed by atoms with Crippen molar-refractivity contribution in [3.05, 3.63) is 58.9 Å². The molecule has 0 atom stereocenters. The molecular weight excluding hydrogens is 334 g/mol. The van der Waals surface area contributed by atoms with E-state index in [2.05, 4.69) is 15.6 Å². The number of hydrogen-bond acceptors (Lipinski definition) is 4. The van der Waals surface area contributed by atoms with Gasteiger partial charge in [0.15, 0.2) is 0 Å². The van der Waals surface area contributed by atoms with Crippen molar-refractivity contribution in [1.29, 1.82) is 0 Å². The monoisotopic (exact) mass is 355 g/mol. The fourth-order valence-electron chi connectivity index (χ4n) is 2.30. The molecule has 0 aliphatic heterocycles. The zero-order valence-corrected chi connectivity index (χ0v) is 15.1. The van der Waals surface area contributed by atoms with Crippen LogP contribution in [0.3, 0.4) is 0 Å². The van der Waals surface area contributed by atoms with E-state index in [0.717, 1.165) is 0 Å². The van der Waals surface area contributed by atoms with Crippen LogP contribution in [0, 0.1) is 6.92 Å². The van der Waals surface area contributed by atoms with Gasteiger partial charge in [-0.1, -0.05) is 12.1 Å². The number of nitrogens with zero attached hydrogens (tertiary/aromatic N) is 1. The second-order valence-electron chi connectivity index (χ2n) is 6.84. The lowest BCUT2D eigenvalue weighted by atomic mass is 10.1. The second kappa shape index (κ2) is 7.35. The maximum absolute atomic E-state index is 12.5. The van der Waals surface area contributed by atoms with E-state index in [-0.39, 0.29) is 22.9 Å². The number of amides is 2. The molecule has 0 aliphatic carbocycles. The number of aromatic nitrogens is 1. The van der Waals surface area contributed by atoms with Gasteiger partial charge in [-0.15, -0.1) is 0 Å². The Hall–Kier alpha value is -3.22. The minimum absolute atomic E-state index is 0.0338. The lowest BCUT2D eigenvalue weighted by molar-refractivity contribution is 0.0694. The topological polar surface area (TPSA) is 108 Å². The van der Waals surface area contributed by atoms with Crippen LogP contribution in [0.5, 0.6) is 0 Å². The highest BCUT2D eigenvalue weighted by atomic mass is 16.4. The van der Waals surface area contributed by atoms with Crippen molar-refractivity contribution in [3.8, 4) is 0 Å². The smallest absolute Gasteiger partial charge is 0.337 e. The fraction of sp³-hybridized carbons (Fsp3) is 0.263. The van der Waals surface area contributed by atoms with Gasteiger partial charge in [0, 0.05) is 5.54 Å². The van der Waals surface area contributed by atoms with Crippen molar-refractivity contribution in [3.63, 3.8) is 0 Å². The normalized spacial score (nSPS) is 10.9. The number of carbonyl (C=O) groups excluding carboxylic acids is 2. The number of aromatic carboxylic acids is 1. The zero-order valence-electron chi connectivity index (χ0n) is 15.1. The number of hydrogen-bond donors (Lipinski definition) is 3. The summed E-state index contributed by atoms with van der Waals surface area (Å²) in [7, 11) is 0. The summed E-state index contributed by atoms with van der Waals surface area (Å²) in [5, 5.41) is 14.5. The maximum Gasteiger partial charge on any atom is 0.337 e. The van der Waals surface area contributed by atoms with Gasteiger partial charge >= 0.3 is 5.97 Å². The predicted octanol–water partition coefficient (Wildman–Crippen LogP) is 2.87. The summed E-state index contributed by atoms with van der Waals surface area (Å²) in [6, 6.07) is 9.31. The van der Waals surface area contributed by atoms with Crippen LogP contribution < -0.4 is 10.6 Å². The molecule has 26 heavy (non-hydrogen) atoms. The van der Waals surface area contributed by atoms with Gasteiger partial charge in [0.25, 0.3) is 11.8 Å². The third-order valence-electron chi connectivity index (χ3n) is 3.46. The molecule has 2 aromatic rings. The summed E-state index contributed by atoms with van der Waals surface area (Å²) in [6.07, 6.45) is 0. The number of carboxylic acid groups (broad SMARTS) is 1. The van der Waals surface area contributed by atoms with Gasteiger partial charge in [-0.25, -0.2) is 9.78 Å². The van der Waals surface area contributed by atoms with Gasteiger partial charge in [-0.2, -0.15) is 0 Å². The Bertz CT molecular complexity index is 869. The summed E-state index contributed by atoms with van der Waals surface area (Å²) >= 11 is 0. The van der Waals surface area contributed by atoms with Crippen molar-refractivity contribution in [2.24, 2.45) is 0 Å². The summed E-state index contributed by atoms with van der Waals surface area (Å²) in [6.45, 7) is 7.11. The zero-order chi connectivity index (χ0) is 19.5. The summed E-state index contributed by atoms with van der Waals surface area (Å²) in [5.74, 6) is -1.94. The van der Waals surface area contributed by atoms with Gasteiger partial charge in [0.2, 0.25) is 0 Å². The van der Waals surface area contributed by atoms with E-state index in [1.807, 2.05) is 20.8 Å². The van der Waals surface area contributed by atoms with Crippen LogP contribution in [-0.2, 0) is 0 Å². The van der Waals surface area contributed by atoms with Crippen molar-refractivity contribution >= 4 is 23.5 Å². The summed E-state index contributed by atoms with van der Waals surface area (Å²) in [4.78, 5) is 40.0. The number of rotatable bonds is 4. The van der Waals surface area contributed by atoms with Gasteiger partial charge in [-0.3, -0.25) is 9.59 Å². The van der Waals surface area contributed by atoms with Crippen molar-refractivity contribution < 1.29 is 19.5 Å². The number of para-hydroxylation sites is 1. The van der Waals surface area contributed by atoms with E-state index in [9.17, 15) is 14.4 Å². The first-order valence-corrected chi connectivity index (χ1v) is 8.02. The standard InChI is InChI=1S/C19H21N3O4/c1-11-12(18(25)26)9-10-15(20-11)17(24)21-14-8-6-5-7-13(14)16(23)22-19(2,3)4/h5-10H,1-4H3,(H,21,24)(H,22,23)(H,25,26). The molecule has 0 saturated heterocycles. The Labute approximate surface area is 151 Å². The van der Waals surface area contributed by atoms with E-state index < -0.39 is 17.4 Å². The van der Waals surface area contributed by atoms with Crippen LogP contribution >= 0.6 is 0 Å². The van der Waals surface area contributed by atoms with Gasteiger partial charge in [0.1, 0.15) is 5.69 Å². The number of carbonyl (C=O) groups is 3. The van der Waals surface area contributed by atoms with E-state index >= 15 is 0 Å². The van der Waals surface area contributed by atoms with E-state index in [0.29, 0.717) is 11.3 Å². The first-order valence-electron chi connectivity index (χ1n) is 8.02. The molecule has 0 bridgehead atoms. The highest BCUT2D eigenvalue weighted by molar-refractivity contribution is 6.08. The van der Waals surface area contributed by atoms with Gasteiger partial charge in [-0.05, 0) is 52.0 Å². The Morgan fingerprint density at radius 1 is 0.962 bits per heavy atom. The van der Waals surface area contributed by atoms with Crippen LogP contribution in [0.25, 0.3) is 0 Å². The molecule has 1 heterocycles. The molecular formula is C19H21N3O4. The largest absolute Gasteiger partial charge is 0.478 e. The van der Waals surface area contributed by atoms with Crippen LogP contribution in [0.4, 0.5) is 5.69 Å². The molecule has 2 rings (SSSR count). The molecule has 0 fully saturated rings. The number of pyridine rings is 1. The first kappa shape index (κ1) is 19.1. The first-order chi connectivity index (χ1) is 12.1. The third kappa shape index (κ3) is 4.66. The predicted molar refractivity (Wildman–Crippen MR) is 97.5 cm³/mol. The molecule has 2 amide bonds. The minimum atomic E-state index is -1.11. The molecule has 0 radical (unpaired) electrons. The average molecular weight is 355 g/mol. The Morgan fingerprint density at radius 2 is 1.62 bits per heavy atom. The SMILES string of the molecule is Cc1nc(C(=O)Nc2ccccc2C(=O)NC(C)(C)C)ccc1C(=O)O. The van der Waals surface area contributed by atoms with Crippen molar-refractivity contribution in [2.45, 2.75) is 33.2 Å². The molecule has 0 spiro atoms. The van der Waals surface area contributed by atoms with Crippen LogP contribution in [0.2, 0.25) is 0 Å². The number of benzene rings is 1. The highest BCUT2D eigenvalue weighted by Gasteiger charge is 2.19. The summed E-state index contributed by atoms with van der Waals surface area (Å²) in [5.41, 5.74) is 0.601. The van der Waals surface area contributed by atoms with Crippen LogP contribution in [0.1, 0.15) is 57.7 Å². The van der Waals surface area contributed by atoms with E-state index in [4.69, 9.17) is 5.11 Å². The third-order valence-corrected chi connectivity index (χ3v) is 3.46. The maximum atomic E-state index is 12.5. The number of anilines is 1.